The summed E-state index contributed by atoms with van der Waals surface area (Å²) >= 11 is 0. The number of hydrogen-bond donors (Lipinski definition) is 0. The number of aryl methyl sites for hydroxylation is 3. The monoisotopic (exact) mass is 365 g/mol. The van der Waals surface area contributed by atoms with Crippen LogP contribution in [0.15, 0.2) is 66.9 Å². The number of nitrogens with zero attached hydrogens (tertiary/aromatic N) is 1. The molecule has 0 N–H and O–H groups in total. The van der Waals surface area contributed by atoms with Crippen molar-refractivity contribution in [1.82, 2.24) is 0 Å². The summed E-state index contributed by atoms with van der Waals surface area (Å²) in [6.07, 6.45) is 2.01. The molecule has 0 atom stereocenters. The van der Waals surface area contributed by atoms with E-state index in [9.17, 15) is 0 Å². The lowest BCUT2D eigenvalue weighted by Crippen LogP contribution is -2.31. The minimum atomic E-state index is -2.19. The van der Waals surface area contributed by atoms with Gasteiger partial charge in [0.05, 0.1) is 10.9 Å². The number of pyridine rings is 1. The molecule has 0 saturated heterocycles. The second kappa shape index (κ2) is 5.32. The van der Waals surface area contributed by atoms with Gasteiger partial charge in [-0.05, 0) is 58.6 Å². The third-order valence-electron chi connectivity index (χ3n) is 5.95. The van der Waals surface area contributed by atoms with Gasteiger partial charge in [0.25, 0.3) is 0 Å². The second-order valence-corrected chi connectivity index (χ2v) is 7.54. The molecular formula is C26H20NO+. The molecule has 2 nitrogen and oxygen atoms in total. The van der Waals surface area contributed by atoms with Crippen LogP contribution in [0.2, 0.25) is 0 Å². The average molecular weight is 365 g/mol. The van der Waals surface area contributed by atoms with Crippen LogP contribution in [-0.2, 0) is 7.05 Å². The average Bonchev–Trinajstić information content (AvgIpc) is 2.74. The Kier molecular flexibility index (Phi) is 2.45. The Morgan fingerprint density at radius 2 is 1.68 bits per heavy atom. The molecule has 0 amide bonds. The Hall–Kier alpha value is -3.39. The third kappa shape index (κ3) is 1.90. The summed E-state index contributed by atoms with van der Waals surface area (Å²) in [5.74, 6) is 1.59. The van der Waals surface area contributed by atoms with Crippen LogP contribution < -0.4 is 9.30 Å². The fourth-order valence-electron chi connectivity index (χ4n) is 4.68. The van der Waals surface area contributed by atoms with Crippen LogP contribution in [0.1, 0.15) is 15.2 Å². The first-order valence-electron chi connectivity index (χ1n) is 10.9. The van der Waals surface area contributed by atoms with Crippen molar-refractivity contribution in [2.75, 3.05) is 0 Å². The van der Waals surface area contributed by atoms with Crippen molar-refractivity contribution in [3.8, 4) is 22.8 Å². The lowest BCUT2D eigenvalue weighted by molar-refractivity contribution is -0.659. The Labute approximate surface area is 167 Å². The van der Waals surface area contributed by atoms with Gasteiger partial charge in [0.1, 0.15) is 18.5 Å². The fourth-order valence-corrected chi connectivity index (χ4v) is 4.68. The molecule has 2 heteroatoms. The number of aromatic nitrogens is 1. The van der Waals surface area contributed by atoms with Crippen molar-refractivity contribution in [3.63, 3.8) is 0 Å². The smallest absolute Gasteiger partial charge is 0.228 e. The van der Waals surface area contributed by atoms with Crippen molar-refractivity contribution in [2.24, 2.45) is 7.05 Å². The zero-order valence-corrected chi connectivity index (χ0v) is 15.7. The summed E-state index contributed by atoms with van der Waals surface area (Å²) in [5, 5.41) is 5.84. The van der Waals surface area contributed by atoms with E-state index in [2.05, 4.69) is 35.8 Å². The predicted molar refractivity (Wildman–Crippen MR) is 115 cm³/mol. The molecule has 2 heterocycles. The number of hydrogen-bond acceptors (Lipinski definition) is 1. The van der Waals surface area contributed by atoms with Crippen LogP contribution in [0, 0.1) is 13.8 Å². The van der Waals surface area contributed by atoms with E-state index >= 15 is 0 Å². The van der Waals surface area contributed by atoms with Crippen LogP contribution in [0.25, 0.3) is 43.6 Å². The minimum Gasteiger partial charge on any atom is -0.456 e. The quantitative estimate of drug-likeness (QED) is 0.225. The second-order valence-electron chi connectivity index (χ2n) is 7.54. The first kappa shape index (κ1) is 12.9. The van der Waals surface area contributed by atoms with Crippen molar-refractivity contribution >= 4 is 32.3 Å². The van der Waals surface area contributed by atoms with E-state index < -0.39 is 6.85 Å². The summed E-state index contributed by atoms with van der Waals surface area (Å²) < 4.78 is 32.8. The first-order valence-corrected chi connectivity index (χ1v) is 9.44. The minimum absolute atomic E-state index is 0.373. The highest BCUT2D eigenvalue weighted by molar-refractivity contribution is 6.16. The predicted octanol–water partition coefficient (Wildman–Crippen LogP) is 6.36. The standard InChI is InChI=1S/C26H20NO/c1-15-7-6-9-18-14-22-25-20(23(15)18)11-12-27(3)26(25)24-16(2)19-10-5-4-8-17(19)13-21(24)28-22/h4-14H,1-3H3/q+1/i1D3. The van der Waals surface area contributed by atoms with Gasteiger partial charge in [0, 0.05) is 15.6 Å². The lowest BCUT2D eigenvalue weighted by atomic mass is 9.90. The molecule has 6 rings (SSSR count). The molecular weight excluding hydrogens is 342 g/mol. The Bertz CT molecular complexity index is 1570. The Morgan fingerprint density at radius 3 is 2.57 bits per heavy atom. The molecule has 134 valence electrons. The number of benzene rings is 4. The van der Waals surface area contributed by atoms with E-state index in [1.807, 2.05) is 37.5 Å². The van der Waals surface area contributed by atoms with E-state index in [4.69, 9.17) is 8.85 Å². The Morgan fingerprint density at radius 1 is 0.857 bits per heavy atom. The van der Waals surface area contributed by atoms with E-state index in [-0.39, 0.29) is 0 Å². The van der Waals surface area contributed by atoms with Gasteiger partial charge in [-0.3, -0.25) is 0 Å². The molecule has 0 aliphatic carbocycles. The molecule has 0 fully saturated rings. The van der Waals surface area contributed by atoms with Crippen molar-refractivity contribution < 1.29 is 13.4 Å². The van der Waals surface area contributed by atoms with Gasteiger partial charge in [-0.1, -0.05) is 42.5 Å². The van der Waals surface area contributed by atoms with Gasteiger partial charge >= 0.3 is 0 Å². The van der Waals surface area contributed by atoms with E-state index in [1.165, 1.54) is 5.39 Å². The zero-order valence-electron chi connectivity index (χ0n) is 18.7. The molecule has 1 aliphatic heterocycles. The van der Waals surface area contributed by atoms with Gasteiger partial charge in [-0.15, -0.1) is 0 Å². The molecule has 1 aromatic heterocycles. The van der Waals surface area contributed by atoms with Crippen LogP contribution in [0.4, 0.5) is 0 Å². The molecule has 1 aliphatic rings. The molecule has 0 bridgehead atoms. The van der Waals surface area contributed by atoms with Crippen molar-refractivity contribution in [1.29, 1.82) is 0 Å². The largest absolute Gasteiger partial charge is 0.456 e. The Balaban J connectivity index is 1.83. The third-order valence-corrected chi connectivity index (χ3v) is 5.95. The molecule has 0 radical (unpaired) electrons. The maximum atomic E-state index is 8.08. The van der Waals surface area contributed by atoms with Gasteiger partial charge < -0.3 is 4.74 Å². The number of rotatable bonds is 0. The first-order chi connectivity index (χ1) is 14.8. The molecule has 0 saturated carbocycles. The highest BCUT2D eigenvalue weighted by atomic mass is 16.5. The number of fused-ring (bicyclic) bond motifs is 5. The zero-order chi connectivity index (χ0) is 21.5. The van der Waals surface area contributed by atoms with E-state index in [0.29, 0.717) is 5.56 Å². The topological polar surface area (TPSA) is 13.1 Å². The highest BCUT2D eigenvalue weighted by Crippen LogP contribution is 2.49. The van der Waals surface area contributed by atoms with Gasteiger partial charge in [-0.2, -0.15) is 0 Å². The normalized spacial score (nSPS) is 14.4. The van der Waals surface area contributed by atoms with Gasteiger partial charge in [0.15, 0.2) is 6.20 Å². The summed E-state index contributed by atoms with van der Waals surface area (Å²) in [6, 6.07) is 19.9. The van der Waals surface area contributed by atoms with Gasteiger partial charge in [0.2, 0.25) is 5.69 Å². The van der Waals surface area contributed by atoms with Crippen LogP contribution >= 0.6 is 0 Å². The van der Waals surface area contributed by atoms with Crippen LogP contribution in [-0.4, -0.2) is 0 Å². The summed E-state index contributed by atoms with van der Waals surface area (Å²) in [7, 11) is 2.03. The molecule has 0 unspecified atom stereocenters. The number of ether oxygens (including phenoxy) is 1. The van der Waals surface area contributed by atoms with Crippen molar-refractivity contribution in [3.05, 3.63) is 78.0 Å². The molecule has 5 aromatic rings. The van der Waals surface area contributed by atoms with Crippen molar-refractivity contribution in [2.45, 2.75) is 13.8 Å². The molecule has 4 aromatic carbocycles. The van der Waals surface area contributed by atoms with Gasteiger partial charge in [-0.25, -0.2) is 4.57 Å². The molecule has 28 heavy (non-hydrogen) atoms. The van der Waals surface area contributed by atoms with E-state index in [1.54, 1.807) is 12.1 Å². The van der Waals surface area contributed by atoms with E-state index in [0.717, 1.165) is 55.3 Å². The maximum Gasteiger partial charge on any atom is 0.228 e. The molecule has 0 spiro atoms. The SMILES string of the molecule is [2H]C([2H])([2H])c1cccc2cc3c4c([n+](C)ccc4c12)-c1c(cc2ccccc2c1C)O3. The summed E-state index contributed by atoms with van der Waals surface area (Å²) in [4.78, 5) is 0. The summed E-state index contributed by atoms with van der Waals surface area (Å²) in [6.45, 7) is -0.0651. The lowest BCUT2D eigenvalue weighted by Gasteiger charge is -2.23. The van der Waals surface area contributed by atoms with Crippen LogP contribution in [0.3, 0.4) is 0 Å². The maximum absolute atomic E-state index is 8.08. The van der Waals surface area contributed by atoms with Crippen LogP contribution in [0.5, 0.6) is 11.5 Å². The fraction of sp³-hybridized carbons (Fsp3) is 0.115. The highest BCUT2D eigenvalue weighted by Gasteiger charge is 2.31. The summed E-state index contributed by atoms with van der Waals surface area (Å²) in [5.41, 5.74) is 3.65.